The zero-order chi connectivity index (χ0) is 25.7. The molecule has 0 unspecified atom stereocenters. The lowest BCUT2D eigenvalue weighted by Gasteiger charge is -2.29. The molecular weight excluding hydrogens is 474 g/mol. The molecule has 0 saturated carbocycles. The van der Waals surface area contributed by atoms with E-state index in [9.17, 15) is 4.79 Å². The van der Waals surface area contributed by atoms with Gasteiger partial charge in [-0.15, -0.1) is 0 Å². The highest BCUT2D eigenvalue weighted by Gasteiger charge is 2.15. The number of hydrogen-bond donors (Lipinski definition) is 3. The number of anilines is 3. The molecule has 0 radical (unpaired) electrons. The van der Waals surface area contributed by atoms with Crippen molar-refractivity contribution in [1.82, 2.24) is 19.9 Å². The summed E-state index contributed by atoms with van der Waals surface area (Å²) in [5.41, 5.74) is 6.93. The van der Waals surface area contributed by atoms with Gasteiger partial charge in [0.15, 0.2) is 5.65 Å². The quantitative estimate of drug-likeness (QED) is 0.299. The monoisotopic (exact) mass is 503 g/mol. The molecule has 1 fully saturated rings. The topological polar surface area (TPSA) is 86.6 Å². The van der Waals surface area contributed by atoms with Crippen LogP contribution in [0.15, 0.2) is 97.3 Å². The molecule has 190 valence electrons. The average Bonchev–Trinajstić information content (AvgIpc) is 3.41. The van der Waals surface area contributed by atoms with Crippen LogP contribution in [-0.4, -0.2) is 46.7 Å². The predicted octanol–water partition coefficient (Wildman–Crippen LogP) is 4.67. The smallest absolute Gasteiger partial charge is 0.274 e. The standard InChI is InChI=1S/C30H29N7O/c38-30(34-24-9-11-26(12-10-24)36-17-14-31-15-18-36)28-13-16-37-29(35-28)27(21-33-37)23-7-4-8-25(19-23)32-20-22-5-2-1-3-6-22/h1-13,16,19,21,31-32H,14-15,17-18,20H2,(H,34,38). The van der Waals surface area contributed by atoms with E-state index in [-0.39, 0.29) is 5.91 Å². The first-order chi connectivity index (χ1) is 18.7. The molecule has 3 heterocycles. The van der Waals surface area contributed by atoms with E-state index in [4.69, 9.17) is 0 Å². The minimum atomic E-state index is -0.257. The molecule has 38 heavy (non-hydrogen) atoms. The normalized spacial score (nSPS) is 13.4. The Morgan fingerprint density at radius 1 is 0.895 bits per heavy atom. The SMILES string of the molecule is O=C(Nc1ccc(N2CCNCC2)cc1)c1ccn2ncc(-c3cccc(NCc4ccccc4)c3)c2n1. The van der Waals surface area contributed by atoms with Gasteiger partial charge in [-0.25, -0.2) is 9.50 Å². The van der Waals surface area contributed by atoms with Crippen LogP contribution in [0.25, 0.3) is 16.8 Å². The van der Waals surface area contributed by atoms with Crippen LogP contribution in [0.2, 0.25) is 0 Å². The summed E-state index contributed by atoms with van der Waals surface area (Å²) in [5, 5.41) is 14.3. The first-order valence-electron chi connectivity index (χ1n) is 12.8. The predicted molar refractivity (Wildman–Crippen MR) is 152 cm³/mol. The number of benzene rings is 3. The van der Waals surface area contributed by atoms with Crippen LogP contribution in [-0.2, 0) is 6.54 Å². The minimum absolute atomic E-state index is 0.257. The summed E-state index contributed by atoms with van der Waals surface area (Å²) in [6.07, 6.45) is 3.56. The van der Waals surface area contributed by atoms with E-state index >= 15 is 0 Å². The lowest BCUT2D eigenvalue weighted by atomic mass is 10.1. The fourth-order valence-electron chi connectivity index (χ4n) is 4.67. The van der Waals surface area contributed by atoms with Gasteiger partial charge < -0.3 is 20.9 Å². The number of fused-ring (bicyclic) bond motifs is 1. The van der Waals surface area contributed by atoms with E-state index < -0.39 is 0 Å². The number of carbonyl (C=O) groups excluding carboxylic acids is 1. The third-order valence-corrected chi connectivity index (χ3v) is 6.72. The van der Waals surface area contributed by atoms with Crippen molar-refractivity contribution in [2.24, 2.45) is 0 Å². The van der Waals surface area contributed by atoms with Crippen molar-refractivity contribution in [3.63, 3.8) is 0 Å². The van der Waals surface area contributed by atoms with Gasteiger partial charge in [-0.3, -0.25) is 4.79 Å². The van der Waals surface area contributed by atoms with Gasteiger partial charge in [0.2, 0.25) is 0 Å². The van der Waals surface area contributed by atoms with Crippen LogP contribution in [0, 0.1) is 0 Å². The number of carbonyl (C=O) groups is 1. The molecule has 0 aliphatic carbocycles. The molecule has 8 heteroatoms. The molecular formula is C30H29N7O. The van der Waals surface area contributed by atoms with E-state index in [1.54, 1.807) is 23.0 Å². The first-order valence-corrected chi connectivity index (χ1v) is 12.8. The zero-order valence-electron chi connectivity index (χ0n) is 21.0. The number of nitrogens with zero attached hydrogens (tertiary/aromatic N) is 4. The van der Waals surface area contributed by atoms with E-state index in [0.29, 0.717) is 11.3 Å². The molecule has 6 rings (SSSR count). The van der Waals surface area contributed by atoms with Gasteiger partial charge in [0.05, 0.1) is 6.20 Å². The molecule has 3 N–H and O–H groups in total. The van der Waals surface area contributed by atoms with Crippen LogP contribution in [0.3, 0.4) is 0 Å². The fraction of sp³-hybridized carbons (Fsp3) is 0.167. The molecule has 1 aliphatic rings. The Morgan fingerprint density at radius 3 is 2.53 bits per heavy atom. The summed E-state index contributed by atoms with van der Waals surface area (Å²) in [7, 11) is 0. The molecule has 5 aromatic rings. The Balaban J connectivity index is 1.18. The van der Waals surface area contributed by atoms with Gasteiger partial charge >= 0.3 is 0 Å². The Kier molecular flexibility index (Phi) is 6.70. The van der Waals surface area contributed by atoms with Crippen LogP contribution >= 0.6 is 0 Å². The summed E-state index contributed by atoms with van der Waals surface area (Å²) in [4.78, 5) is 20.1. The third-order valence-electron chi connectivity index (χ3n) is 6.72. The van der Waals surface area contributed by atoms with Gasteiger partial charge in [-0.2, -0.15) is 5.10 Å². The highest BCUT2D eigenvalue weighted by Crippen LogP contribution is 2.26. The summed E-state index contributed by atoms with van der Waals surface area (Å²) >= 11 is 0. The minimum Gasteiger partial charge on any atom is -0.381 e. The maximum absolute atomic E-state index is 13.1. The van der Waals surface area contributed by atoms with Crippen LogP contribution in [0.5, 0.6) is 0 Å². The van der Waals surface area contributed by atoms with Crippen molar-refractivity contribution in [2.45, 2.75) is 6.54 Å². The lowest BCUT2D eigenvalue weighted by Crippen LogP contribution is -2.43. The molecule has 2 aromatic heterocycles. The number of rotatable bonds is 7. The molecule has 0 atom stereocenters. The van der Waals surface area contributed by atoms with Crippen molar-refractivity contribution in [2.75, 3.05) is 41.7 Å². The average molecular weight is 504 g/mol. The van der Waals surface area contributed by atoms with E-state index in [1.807, 2.05) is 60.7 Å². The molecule has 0 spiro atoms. The number of hydrogen-bond acceptors (Lipinski definition) is 6. The molecule has 1 aliphatic heterocycles. The molecule has 3 aromatic carbocycles. The third kappa shape index (κ3) is 5.21. The van der Waals surface area contributed by atoms with Gasteiger partial charge in [-0.1, -0.05) is 42.5 Å². The van der Waals surface area contributed by atoms with Gasteiger partial charge in [-0.05, 0) is 53.6 Å². The van der Waals surface area contributed by atoms with Crippen LogP contribution in [0.1, 0.15) is 16.1 Å². The second-order valence-corrected chi connectivity index (χ2v) is 9.30. The van der Waals surface area contributed by atoms with E-state index in [1.165, 1.54) is 5.56 Å². The van der Waals surface area contributed by atoms with Crippen molar-refractivity contribution < 1.29 is 4.79 Å². The molecule has 0 bridgehead atoms. The highest BCUT2D eigenvalue weighted by atomic mass is 16.1. The largest absolute Gasteiger partial charge is 0.381 e. The van der Waals surface area contributed by atoms with Crippen molar-refractivity contribution >= 4 is 28.6 Å². The fourth-order valence-corrected chi connectivity index (χ4v) is 4.67. The van der Waals surface area contributed by atoms with Gasteiger partial charge in [0, 0.05) is 61.5 Å². The second-order valence-electron chi connectivity index (χ2n) is 9.30. The van der Waals surface area contributed by atoms with Crippen LogP contribution < -0.4 is 20.9 Å². The Hall–Kier alpha value is -4.69. The molecule has 1 amide bonds. The second kappa shape index (κ2) is 10.7. The lowest BCUT2D eigenvalue weighted by molar-refractivity contribution is 0.102. The number of aromatic nitrogens is 3. The van der Waals surface area contributed by atoms with Gasteiger partial charge in [0.1, 0.15) is 5.69 Å². The van der Waals surface area contributed by atoms with Crippen molar-refractivity contribution in [3.05, 3.63) is 109 Å². The maximum atomic E-state index is 13.1. The molecule has 8 nitrogen and oxygen atoms in total. The summed E-state index contributed by atoms with van der Waals surface area (Å²) < 4.78 is 1.69. The van der Waals surface area contributed by atoms with E-state index in [0.717, 1.165) is 60.9 Å². The summed E-state index contributed by atoms with van der Waals surface area (Å²) in [6, 6.07) is 28.1. The zero-order valence-corrected chi connectivity index (χ0v) is 21.0. The Labute approximate surface area is 221 Å². The Morgan fingerprint density at radius 2 is 1.71 bits per heavy atom. The highest BCUT2D eigenvalue weighted by molar-refractivity contribution is 6.03. The van der Waals surface area contributed by atoms with Gasteiger partial charge in [0.25, 0.3) is 5.91 Å². The first kappa shape index (κ1) is 23.7. The van der Waals surface area contributed by atoms with E-state index in [2.05, 4.69) is 49.1 Å². The maximum Gasteiger partial charge on any atom is 0.274 e. The number of amides is 1. The number of nitrogens with one attached hydrogen (secondary N) is 3. The van der Waals surface area contributed by atoms with Crippen LogP contribution in [0.4, 0.5) is 17.1 Å². The Bertz CT molecular complexity index is 1540. The van der Waals surface area contributed by atoms with Crippen molar-refractivity contribution in [3.8, 4) is 11.1 Å². The summed E-state index contributed by atoms with van der Waals surface area (Å²) in [6.45, 7) is 4.66. The molecule has 1 saturated heterocycles. The van der Waals surface area contributed by atoms with Crippen molar-refractivity contribution in [1.29, 1.82) is 0 Å². The number of piperazine rings is 1. The summed E-state index contributed by atoms with van der Waals surface area (Å²) in [5.74, 6) is -0.257.